The van der Waals surface area contributed by atoms with Crippen molar-refractivity contribution < 1.29 is 35.9 Å². The smallest absolute Gasteiger partial charge is 0.392 e. The summed E-state index contributed by atoms with van der Waals surface area (Å²) in [7, 11) is 0. The molecule has 8 heteroatoms. The molecule has 0 aliphatic heterocycles. The van der Waals surface area contributed by atoms with Gasteiger partial charge in [-0.3, -0.25) is 0 Å². The van der Waals surface area contributed by atoms with E-state index in [1.165, 1.54) is 6.07 Å². The van der Waals surface area contributed by atoms with Crippen LogP contribution in [0.15, 0.2) is 81.0 Å². The number of halogens is 6. The number of alkyl halides is 6. The van der Waals surface area contributed by atoms with Gasteiger partial charge in [-0.05, 0) is 29.9 Å². The van der Waals surface area contributed by atoms with Crippen LogP contribution >= 0.6 is 0 Å². The van der Waals surface area contributed by atoms with Crippen molar-refractivity contribution in [1.82, 2.24) is 0 Å². The molecule has 1 aromatic rings. The highest BCUT2D eigenvalue weighted by molar-refractivity contribution is 5.25. The molecule has 0 saturated heterocycles. The summed E-state index contributed by atoms with van der Waals surface area (Å²) in [5.41, 5.74) is -6.45. The molecular weight excluding hydrogens is 396 g/mol. The molecule has 0 saturated carbocycles. The zero-order chi connectivity index (χ0) is 22.8. The highest BCUT2D eigenvalue weighted by Crippen LogP contribution is 2.47. The zero-order valence-electron chi connectivity index (χ0n) is 16.0. The van der Waals surface area contributed by atoms with Crippen LogP contribution in [0.25, 0.3) is 0 Å². The maximum absolute atomic E-state index is 12.3. The Morgan fingerprint density at radius 1 is 0.690 bits per heavy atom. The zero-order valence-corrected chi connectivity index (χ0v) is 16.0. The van der Waals surface area contributed by atoms with Crippen molar-refractivity contribution in [2.45, 2.75) is 18.0 Å². The average Bonchev–Trinajstić information content (AvgIpc) is 2.61. The number of nitrogens with zero attached hydrogens (tertiary/aromatic N) is 1. The van der Waals surface area contributed by atoms with Gasteiger partial charge in [-0.2, -0.15) is 26.3 Å². The Morgan fingerprint density at radius 3 is 1.24 bits per heavy atom. The highest BCUT2D eigenvalue weighted by atomic mass is 19.4. The Labute approximate surface area is 167 Å². The second kappa shape index (κ2) is 11.0. The fourth-order valence-corrected chi connectivity index (χ4v) is 2.70. The summed E-state index contributed by atoms with van der Waals surface area (Å²) in [5.74, 6) is 0. The Bertz CT molecular complexity index is 604. The largest absolute Gasteiger partial charge is 0.833 e. The van der Waals surface area contributed by atoms with E-state index in [9.17, 15) is 31.4 Å². The number of hydrogen-bond donors (Lipinski definition) is 0. The molecule has 0 atom stereocenters. The van der Waals surface area contributed by atoms with Crippen LogP contribution < -0.4 is 5.11 Å². The molecule has 0 aliphatic carbocycles. The summed E-state index contributed by atoms with van der Waals surface area (Å²) in [5, 5.41) is 11.1. The molecule has 162 valence electrons. The third-order valence-electron chi connectivity index (χ3n) is 4.04. The van der Waals surface area contributed by atoms with Gasteiger partial charge < -0.3 is 9.59 Å². The second-order valence-electron chi connectivity index (χ2n) is 6.27. The molecule has 0 fully saturated rings. The van der Waals surface area contributed by atoms with Crippen LogP contribution in [0.2, 0.25) is 0 Å². The van der Waals surface area contributed by atoms with E-state index in [1.807, 2.05) is 24.3 Å². The van der Waals surface area contributed by atoms with Crippen LogP contribution in [0.3, 0.4) is 0 Å². The number of quaternary nitrogens is 1. The van der Waals surface area contributed by atoms with Gasteiger partial charge in [0.05, 0.1) is 26.2 Å². The average molecular weight is 421 g/mol. The van der Waals surface area contributed by atoms with Gasteiger partial charge >= 0.3 is 12.4 Å². The molecule has 2 nitrogen and oxygen atoms in total. The summed E-state index contributed by atoms with van der Waals surface area (Å²) >= 11 is 0. The molecule has 0 bridgehead atoms. The minimum absolute atomic E-state index is 0.508. The van der Waals surface area contributed by atoms with Crippen molar-refractivity contribution in [3.05, 3.63) is 86.5 Å². The Hall–Kier alpha value is -2.32. The molecule has 1 aromatic carbocycles. The van der Waals surface area contributed by atoms with Gasteiger partial charge in [0.25, 0.3) is 0 Å². The summed E-state index contributed by atoms with van der Waals surface area (Å²) in [6, 6.07) is 4.12. The van der Waals surface area contributed by atoms with Crippen molar-refractivity contribution in [2.75, 3.05) is 26.2 Å². The first-order valence-corrected chi connectivity index (χ1v) is 8.53. The molecule has 0 heterocycles. The summed E-state index contributed by atoms with van der Waals surface area (Å²) in [4.78, 5) is 0. The van der Waals surface area contributed by atoms with Gasteiger partial charge in [0, 0.05) is 0 Å². The van der Waals surface area contributed by atoms with Gasteiger partial charge in [-0.25, -0.2) is 0 Å². The van der Waals surface area contributed by atoms with E-state index in [0.29, 0.717) is 12.1 Å². The molecule has 0 amide bonds. The molecule has 29 heavy (non-hydrogen) atoms. The van der Waals surface area contributed by atoms with Crippen LogP contribution in [-0.4, -0.2) is 43.0 Å². The van der Waals surface area contributed by atoms with E-state index in [2.05, 4.69) is 26.3 Å². The third-order valence-corrected chi connectivity index (χ3v) is 4.04. The number of rotatable bonds is 9. The highest BCUT2D eigenvalue weighted by Gasteiger charge is 2.62. The van der Waals surface area contributed by atoms with Crippen LogP contribution in [0.4, 0.5) is 26.3 Å². The molecule has 1 rings (SSSR count). The Kier molecular flexibility index (Phi) is 10.1. The minimum Gasteiger partial charge on any atom is -0.833 e. The predicted molar refractivity (Wildman–Crippen MR) is 101 cm³/mol. The van der Waals surface area contributed by atoms with Crippen LogP contribution in [0, 0.1) is 0 Å². The summed E-state index contributed by atoms with van der Waals surface area (Å²) in [6.07, 6.45) is -4.11. The van der Waals surface area contributed by atoms with Crippen molar-refractivity contribution in [2.24, 2.45) is 0 Å². The quantitative estimate of drug-likeness (QED) is 0.316. The molecule has 0 unspecified atom stereocenters. The van der Waals surface area contributed by atoms with Crippen LogP contribution in [0.1, 0.15) is 5.56 Å². The molecule has 0 aromatic heterocycles. The van der Waals surface area contributed by atoms with Crippen molar-refractivity contribution in [3.8, 4) is 0 Å². The molecule has 0 radical (unpaired) electrons. The fraction of sp³-hybridized carbons (Fsp3) is 0.333. The first-order valence-electron chi connectivity index (χ1n) is 8.53. The number of benzene rings is 1. The maximum atomic E-state index is 12.3. The van der Waals surface area contributed by atoms with Gasteiger partial charge in [0.2, 0.25) is 0 Å². The van der Waals surface area contributed by atoms with Gasteiger partial charge in [0.15, 0.2) is 0 Å². The Balaban J connectivity index is 0.000000555. The van der Waals surface area contributed by atoms with Gasteiger partial charge in [0.1, 0.15) is 5.60 Å². The topological polar surface area (TPSA) is 23.1 Å². The second-order valence-corrected chi connectivity index (χ2v) is 6.27. The first kappa shape index (κ1) is 26.7. The Morgan fingerprint density at radius 2 is 1.00 bits per heavy atom. The van der Waals surface area contributed by atoms with Gasteiger partial charge in [-0.15, -0.1) is 0 Å². The van der Waals surface area contributed by atoms with Crippen LogP contribution in [0.5, 0.6) is 0 Å². The lowest BCUT2D eigenvalue weighted by molar-refractivity contribution is -0.906. The molecular formula is C21H25F6NO. The van der Waals surface area contributed by atoms with E-state index < -0.39 is 23.5 Å². The van der Waals surface area contributed by atoms with E-state index in [1.54, 1.807) is 0 Å². The normalized spacial score (nSPS) is 12.4. The van der Waals surface area contributed by atoms with Crippen molar-refractivity contribution in [3.63, 3.8) is 0 Å². The number of hydrogen-bond acceptors (Lipinski definition) is 1. The van der Waals surface area contributed by atoms with Crippen molar-refractivity contribution >= 4 is 0 Å². The van der Waals surface area contributed by atoms with E-state index in [0.717, 1.165) is 42.8 Å². The standard InChI is InChI=1S/C12H20N.C9H5F6O/c1-5-9-13(10-6-2,11-7-3)12-8-4;10-8(11,12)7(16,9(13,14)15)6-4-2-1-3-5-6/h5-8H,1-4,9-12H2;1-5H/q+1;-1. The molecule has 0 spiro atoms. The third kappa shape index (κ3) is 6.90. The monoisotopic (exact) mass is 421 g/mol. The molecule has 0 aliphatic rings. The van der Waals surface area contributed by atoms with Crippen LogP contribution in [-0.2, 0) is 5.60 Å². The van der Waals surface area contributed by atoms with E-state index in [-0.39, 0.29) is 0 Å². The summed E-state index contributed by atoms with van der Waals surface area (Å²) < 4.78 is 74.4. The van der Waals surface area contributed by atoms with Crippen molar-refractivity contribution in [1.29, 1.82) is 0 Å². The SMILES string of the molecule is C=CC[N+](CC=C)(CC=C)CC=C.[O-]C(c1ccccc1)(C(F)(F)F)C(F)(F)F. The first-order chi connectivity index (χ1) is 13.3. The maximum Gasteiger partial charge on any atom is 0.392 e. The lowest BCUT2D eigenvalue weighted by atomic mass is 9.92. The van der Waals surface area contributed by atoms with E-state index >= 15 is 0 Å². The minimum atomic E-state index is -5.94. The van der Waals surface area contributed by atoms with E-state index in [4.69, 9.17) is 0 Å². The lowest BCUT2D eigenvalue weighted by Gasteiger charge is -2.43. The predicted octanol–water partition coefficient (Wildman–Crippen LogP) is 4.91. The van der Waals surface area contributed by atoms with Gasteiger partial charge in [-0.1, -0.05) is 56.6 Å². The summed E-state index contributed by atoms with van der Waals surface area (Å²) in [6.45, 7) is 18.8. The molecule has 0 N–H and O–H groups in total. The fourth-order valence-electron chi connectivity index (χ4n) is 2.70. The lowest BCUT2D eigenvalue weighted by Crippen LogP contribution is -2.63.